The lowest BCUT2D eigenvalue weighted by atomic mass is 10.2. The molecule has 0 saturated carbocycles. The summed E-state index contributed by atoms with van der Waals surface area (Å²) < 4.78 is 5.87. The molecule has 1 heterocycles. The molecule has 3 aromatic rings. The van der Waals surface area contributed by atoms with E-state index in [0.717, 1.165) is 16.6 Å². The van der Waals surface area contributed by atoms with Crippen molar-refractivity contribution in [3.63, 3.8) is 0 Å². The molecule has 0 amide bonds. The summed E-state index contributed by atoms with van der Waals surface area (Å²) >= 11 is 0. The van der Waals surface area contributed by atoms with Gasteiger partial charge in [0.1, 0.15) is 17.3 Å². The van der Waals surface area contributed by atoms with E-state index in [0.29, 0.717) is 22.7 Å². The van der Waals surface area contributed by atoms with E-state index < -0.39 is 0 Å². The second kappa shape index (κ2) is 5.14. The van der Waals surface area contributed by atoms with Gasteiger partial charge >= 0.3 is 0 Å². The number of hydrogen-bond acceptors (Lipinski definition) is 4. The van der Waals surface area contributed by atoms with Gasteiger partial charge in [-0.25, -0.2) is 4.98 Å². The monoisotopic (exact) mass is 275 g/mol. The molecule has 0 saturated heterocycles. The van der Waals surface area contributed by atoms with Crippen molar-refractivity contribution in [1.82, 2.24) is 4.98 Å². The number of nitrogens with two attached hydrogens (primary N) is 1. The third kappa shape index (κ3) is 2.49. The quantitative estimate of drug-likeness (QED) is 0.722. The maximum Gasteiger partial charge on any atom is 0.153 e. The number of hydrogen-bond donors (Lipinski definition) is 1. The number of nitriles is 1. The molecular formula is C17H13N3O. The van der Waals surface area contributed by atoms with Gasteiger partial charge in [0.25, 0.3) is 0 Å². The Labute approximate surface area is 122 Å². The van der Waals surface area contributed by atoms with Gasteiger partial charge in [-0.05, 0) is 31.2 Å². The second-order valence-electron chi connectivity index (χ2n) is 4.74. The normalized spacial score (nSPS) is 10.3. The highest BCUT2D eigenvalue weighted by molar-refractivity contribution is 5.84. The van der Waals surface area contributed by atoms with Crippen LogP contribution in [0, 0.1) is 18.3 Å². The molecule has 0 aliphatic rings. The summed E-state index contributed by atoms with van der Waals surface area (Å²) in [6, 6.07) is 16.8. The number of aryl methyl sites for hydroxylation is 1. The first-order valence-corrected chi connectivity index (χ1v) is 6.51. The summed E-state index contributed by atoms with van der Waals surface area (Å²) in [5.41, 5.74) is 8.28. The Morgan fingerprint density at radius 2 is 2.00 bits per heavy atom. The number of nitrogens with zero attached hydrogens (tertiary/aromatic N) is 2. The summed E-state index contributed by atoms with van der Waals surface area (Å²) in [4.78, 5) is 4.52. The van der Waals surface area contributed by atoms with Gasteiger partial charge in [0, 0.05) is 22.8 Å². The Morgan fingerprint density at radius 3 is 2.81 bits per heavy atom. The maximum atomic E-state index is 9.02. The Kier molecular flexibility index (Phi) is 3.17. The molecule has 2 N–H and O–H groups in total. The van der Waals surface area contributed by atoms with Crippen molar-refractivity contribution in [2.45, 2.75) is 6.92 Å². The zero-order valence-corrected chi connectivity index (χ0v) is 11.5. The van der Waals surface area contributed by atoms with Gasteiger partial charge in [-0.3, -0.25) is 0 Å². The minimum Gasteiger partial charge on any atom is -0.455 e. The van der Waals surface area contributed by atoms with Crippen molar-refractivity contribution >= 4 is 16.6 Å². The number of aromatic nitrogens is 1. The number of anilines is 1. The van der Waals surface area contributed by atoms with Crippen molar-refractivity contribution in [2.75, 3.05) is 5.73 Å². The summed E-state index contributed by atoms with van der Waals surface area (Å²) in [6.07, 6.45) is 0. The molecular weight excluding hydrogens is 262 g/mol. The van der Waals surface area contributed by atoms with Gasteiger partial charge in [0.15, 0.2) is 5.75 Å². The lowest BCUT2D eigenvalue weighted by Crippen LogP contribution is -1.93. The maximum absolute atomic E-state index is 9.02. The first-order valence-electron chi connectivity index (χ1n) is 6.51. The van der Waals surface area contributed by atoms with E-state index in [1.54, 1.807) is 18.2 Å². The van der Waals surface area contributed by atoms with Crippen LogP contribution < -0.4 is 10.5 Å². The minimum absolute atomic E-state index is 0.400. The number of benzene rings is 2. The van der Waals surface area contributed by atoms with E-state index in [9.17, 15) is 0 Å². The number of para-hydroxylation sites is 1. The molecule has 0 aliphatic heterocycles. The van der Waals surface area contributed by atoms with E-state index in [1.165, 1.54) is 0 Å². The Morgan fingerprint density at radius 1 is 1.14 bits per heavy atom. The molecule has 0 radical (unpaired) electrons. The van der Waals surface area contributed by atoms with Crippen molar-refractivity contribution < 1.29 is 4.74 Å². The fourth-order valence-electron chi connectivity index (χ4n) is 2.12. The highest BCUT2D eigenvalue weighted by Crippen LogP contribution is 2.30. The topological polar surface area (TPSA) is 71.9 Å². The van der Waals surface area contributed by atoms with Crippen LogP contribution in [0.3, 0.4) is 0 Å². The number of fused-ring (bicyclic) bond motifs is 1. The van der Waals surface area contributed by atoms with Crippen LogP contribution in [0.1, 0.15) is 11.3 Å². The van der Waals surface area contributed by atoms with E-state index in [4.69, 9.17) is 15.7 Å². The Balaban J connectivity index is 2.06. The first kappa shape index (κ1) is 12.9. The summed E-state index contributed by atoms with van der Waals surface area (Å²) in [7, 11) is 0. The van der Waals surface area contributed by atoms with Crippen LogP contribution in [-0.2, 0) is 0 Å². The van der Waals surface area contributed by atoms with Crippen molar-refractivity contribution in [3.05, 3.63) is 59.8 Å². The van der Waals surface area contributed by atoms with E-state index in [2.05, 4.69) is 4.98 Å². The molecule has 4 nitrogen and oxygen atoms in total. The minimum atomic E-state index is 0.400. The smallest absolute Gasteiger partial charge is 0.153 e. The first-order chi connectivity index (χ1) is 10.2. The lowest BCUT2D eigenvalue weighted by Gasteiger charge is -2.09. The fourth-order valence-corrected chi connectivity index (χ4v) is 2.12. The van der Waals surface area contributed by atoms with Gasteiger partial charge in [0.2, 0.25) is 0 Å². The molecule has 0 aliphatic carbocycles. The van der Waals surface area contributed by atoms with Crippen LogP contribution in [-0.4, -0.2) is 4.98 Å². The summed E-state index contributed by atoms with van der Waals surface area (Å²) in [5, 5.41) is 10.0. The highest BCUT2D eigenvalue weighted by atomic mass is 16.5. The van der Waals surface area contributed by atoms with Crippen LogP contribution in [0.25, 0.3) is 10.9 Å². The van der Waals surface area contributed by atoms with Crippen molar-refractivity contribution in [1.29, 1.82) is 5.26 Å². The number of ether oxygens (including phenoxy) is 1. The van der Waals surface area contributed by atoms with E-state index in [1.807, 2.05) is 43.3 Å². The molecule has 3 rings (SSSR count). The summed E-state index contributed by atoms with van der Waals surface area (Å²) in [6.45, 7) is 1.94. The Hall–Kier alpha value is -3.06. The standard InChI is InChI=1S/C17H13N3O/c1-11-5-6-12-3-2-4-16(17(12)20-11)21-14-7-8-15(19)13(9-14)10-18/h2-9H,19H2,1H3. The van der Waals surface area contributed by atoms with Crippen LogP contribution in [0.4, 0.5) is 5.69 Å². The van der Waals surface area contributed by atoms with Crippen LogP contribution in [0.5, 0.6) is 11.5 Å². The van der Waals surface area contributed by atoms with Crippen LogP contribution in [0.2, 0.25) is 0 Å². The van der Waals surface area contributed by atoms with Gasteiger partial charge in [-0.2, -0.15) is 5.26 Å². The molecule has 0 spiro atoms. The molecule has 4 heteroatoms. The summed E-state index contributed by atoms with van der Waals surface area (Å²) in [5.74, 6) is 1.22. The number of nitrogen functional groups attached to an aromatic ring is 1. The lowest BCUT2D eigenvalue weighted by molar-refractivity contribution is 0.487. The van der Waals surface area contributed by atoms with Gasteiger partial charge in [0.05, 0.1) is 5.56 Å². The second-order valence-corrected chi connectivity index (χ2v) is 4.74. The van der Waals surface area contributed by atoms with Crippen molar-refractivity contribution in [2.24, 2.45) is 0 Å². The van der Waals surface area contributed by atoms with Gasteiger partial charge in [-0.15, -0.1) is 0 Å². The van der Waals surface area contributed by atoms with E-state index >= 15 is 0 Å². The fraction of sp³-hybridized carbons (Fsp3) is 0.0588. The molecule has 1 aromatic heterocycles. The highest BCUT2D eigenvalue weighted by Gasteiger charge is 2.07. The Bertz CT molecular complexity index is 866. The third-order valence-electron chi connectivity index (χ3n) is 3.20. The average molecular weight is 275 g/mol. The van der Waals surface area contributed by atoms with Gasteiger partial charge in [-0.1, -0.05) is 18.2 Å². The molecule has 0 fully saturated rings. The van der Waals surface area contributed by atoms with Gasteiger partial charge < -0.3 is 10.5 Å². The SMILES string of the molecule is Cc1ccc2cccc(Oc3ccc(N)c(C#N)c3)c2n1. The van der Waals surface area contributed by atoms with Crippen LogP contribution >= 0.6 is 0 Å². The van der Waals surface area contributed by atoms with Crippen LogP contribution in [0.15, 0.2) is 48.5 Å². The molecule has 102 valence electrons. The molecule has 2 aromatic carbocycles. The predicted octanol–water partition coefficient (Wildman–Crippen LogP) is 3.79. The molecule has 0 unspecified atom stereocenters. The largest absolute Gasteiger partial charge is 0.455 e. The number of pyridine rings is 1. The number of rotatable bonds is 2. The molecule has 0 bridgehead atoms. The molecule has 0 atom stereocenters. The van der Waals surface area contributed by atoms with Crippen molar-refractivity contribution in [3.8, 4) is 17.6 Å². The molecule has 21 heavy (non-hydrogen) atoms. The third-order valence-corrected chi connectivity index (χ3v) is 3.20. The predicted molar refractivity (Wildman–Crippen MR) is 82.1 cm³/mol. The van der Waals surface area contributed by atoms with E-state index in [-0.39, 0.29) is 0 Å². The average Bonchev–Trinajstić information content (AvgIpc) is 2.50. The zero-order chi connectivity index (χ0) is 14.8. The zero-order valence-electron chi connectivity index (χ0n) is 11.5.